The zero-order valence-electron chi connectivity index (χ0n) is 9.10. The van der Waals surface area contributed by atoms with Gasteiger partial charge in [0.1, 0.15) is 9.84 Å². The molecule has 0 atom stereocenters. The van der Waals surface area contributed by atoms with Crippen LogP contribution in [-0.2, 0) is 9.84 Å². The zero-order chi connectivity index (χ0) is 12.0. The fourth-order valence-electron chi connectivity index (χ4n) is 1.27. The molecule has 0 amide bonds. The largest absolute Gasteiger partial charge is 0.385 e. The van der Waals surface area contributed by atoms with E-state index in [1.165, 1.54) is 6.26 Å². The molecule has 0 aromatic heterocycles. The van der Waals surface area contributed by atoms with E-state index in [1.54, 1.807) is 18.2 Å². The van der Waals surface area contributed by atoms with Crippen LogP contribution >= 0.6 is 0 Å². The average Bonchev–Trinajstić information content (AvgIpc) is 2.23. The highest BCUT2D eigenvalue weighted by Crippen LogP contribution is 2.09. The molecule has 0 aliphatic heterocycles. The molecular formula is C11H14N2O2S. The van der Waals surface area contributed by atoms with Crippen molar-refractivity contribution in [2.75, 3.05) is 23.9 Å². The Morgan fingerprint density at radius 2 is 2.19 bits per heavy atom. The molecule has 1 N–H and O–H groups in total. The SMILES string of the molecule is CS(=O)(=O)CCCNc1cccc(C#N)c1. The second-order valence-corrected chi connectivity index (χ2v) is 5.86. The standard InChI is InChI=1S/C11H14N2O2S/c1-16(14,15)7-3-6-13-11-5-2-4-10(8-11)9-12/h2,4-5,8,13H,3,6-7H2,1H3. The Morgan fingerprint density at radius 1 is 1.44 bits per heavy atom. The number of anilines is 1. The first-order valence-corrected chi connectivity index (χ1v) is 6.99. The van der Waals surface area contributed by atoms with Gasteiger partial charge in [0.15, 0.2) is 0 Å². The number of hydrogen-bond donors (Lipinski definition) is 1. The van der Waals surface area contributed by atoms with Gasteiger partial charge in [-0.2, -0.15) is 5.26 Å². The van der Waals surface area contributed by atoms with Gasteiger partial charge in [-0.05, 0) is 24.6 Å². The van der Waals surface area contributed by atoms with Gasteiger partial charge < -0.3 is 5.32 Å². The highest BCUT2D eigenvalue weighted by atomic mass is 32.2. The summed E-state index contributed by atoms with van der Waals surface area (Å²) >= 11 is 0. The first-order chi connectivity index (χ1) is 7.51. The summed E-state index contributed by atoms with van der Waals surface area (Å²) < 4.78 is 21.7. The monoisotopic (exact) mass is 238 g/mol. The maximum absolute atomic E-state index is 10.9. The van der Waals surface area contributed by atoms with Crippen molar-refractivity contribution >= 4 is 15.5 Å². The van der Waals surface area contributed by atoms with Crippen LogP contribution in [0.5, 0.6) is 0 Å². The molecule has 0 heterocycles. The van der Waals surface area contributed by atoms with Crippen LogP contribution in [0.1, 0.15) is 12.0 Å². The first kappa shape index (κ1) is 12.5. The van der Waals surface area contributed by atoms with E-state index in [4.69, 9.17) is 5.26 Å². The van der Waals surface area contributed by atoms with Gasteiger partial charge in [0.05, 0.1) is 17.4 Å². The smallest absolute Gasteiger partial charge is 0.147 e. The molecular weight excluding hydrogens is 224 g/mol. The molecule has 1 aromatic rings. The molecule has 0 radical (unpaired) electrons. The minimum absolute atomic E-state index is 0.179. The fraction of sp³-hybridized carbons (Fsp3) is 0.364. The molecule has 86 valence electrons. The van der Waals surface area contributed by atoms with Gasteiger partial charge in [-0.15, -0.1) is 0 Å². The molecule has 0 fully saturated rings. The van der Waals surface area contributed by atoms with E-state index in [0.717, 1.165) is 5.69 Å². The van der Waals surface area contributed by atoms with Crippen LogP contribution < -0.4 is 5.32 Å². The first-order valence-electron chi connectivity index (χ1n) is 4.93. The third kappa shape index (κ3) is 4.80. The van der Waals surface area contributed by atoms with Crippen LogP contribution in [-0.4, -0.2) is 27.0 Å². The lowest BCUT2D eigenvalue weighted by molar-refractivity contribution is 0.600. The third-order valence-corrected chi connectivity index (χ3v) is 3.04. The van der Waals surface area contributed by atoms with Gasteiger partial charge in [0, 0.05) is 18.5 Å². The van der Waals surface area contributed by atoms with Crippen molar-refractivity contribution in [3.8, 4) is 6.07 Å². The molecule has 4 nitrogen and oxygen atoms in total. The summed E-state index contributed by atoms with van der Waals surface area (Å²) in [6.07, 6.45) is 1.79. The summed E-state index contributed by atoms with van der Waals surface area (Å²) in [5.74, 6) is 0.179. The third-order valence-electron chi connectivity index (χ3n) is 2.01. The Kier molecular flexibility index (Phi) is 4.32. The van der Waals surface area contributed by atoms with E-state index in [1.807, 2.05) is 12.1 Å². The normalized spacial score (nSPS) is 10.8. The maximum Gasteiger partial charge on any atom is 0.147 e. The van der Waals surface area contributed by atoms with Crippen molar-refractivity contribution < 1.29 is 8.42 Å². The Bertz CT molecular complexity index is 489. The highest BCUT2D eigenvalue weighted by Gasteiger charge is 2.01. The molecule has 0 aliphatic carbocycles. The van der Waals surface area contributed by atoms with Crippen molar-refractivity contribution in [2.45, 2.75) is 6.42 Å². The minimum atomic E-state index is -2.88. The van der Waals surface area contributed by atoms with E-state index in [0.29, 0.717) is 18.5 Å². The van der Waals surface area contributed by atoms with Crippen LogP contribution in [0.15, 0.2) is 24.3 Å². The lowest BCUT2D eigenvalue weighted by Crippen LogP contribution is -2.09. The van der Waals surface area contributed by atoms with Crippen LogP contribution in [0, 0.1) is 11.3 Å². The summed E-state index contributed by atoms with van der Waals surface area (Å²) in [6, 6.07) is 9.14. The predicted molar refractivity (Wildman–Crippen MR) is 64.0 cm³/mol. The van der Waals surface area contributed by atoms with Crippen molar-refractivity contribution in [1.82, 2.24) is 0 Å². The Hall–Kier alpha value is -1.54. The molecule has 0 saturated heterocycles. The number of nitrogens with one attached hydrogen (secondary N) is 1. The second kappa shape index (κ2) is 5.52. The molecule has 16 heavy (non-hydrogen) atoms. The maximum atomic E-state index is 10.9. The van der Waals surface area contributed by atoms with Crippen molar-refractivity contribution in [1.29, 1.82) is 5.26 Å². The van der Waals surface area contributed by atoms with Crippen molar-refractivity contribution in [3.63, 3.8) is 0 Å². The Labute approximate surface area is 95.8 Å². The summed E-state index contributed by atoms with van der Waals surface area (Å²) in [6.45, 7) is 0.585. The Morgan fingerprint density at radius 3 is 2.81 bits per heavy atom. The van der Waals surface area contributed by atoms with Crippen LogP contribution in [0.2, 0.25) is 0 Å². The summed E-state index contributed by atoms with van der Waals surface area (Å²) in [5.41, 5.74) is 1.43. The van der Waals surface area contributed by atoms with Crippen LogP contribution in [0.25, 0.3) is 0 Å². The fourth-order valence-corrected chi connectivity index (χ4v) is 1.93. The van der Waals surface area contributed by atoms with Crippen LogP contribution in [0.3, 0.4) is 0 Å². The van der Waals surface area contributed by atoms with Gasteiger partial charge in [-0.25, -0.2) is 8.42 Å². The van der Waals surface area contributed by atoms with Gasteiger partial charge in [0.2, 0.25) is 0 Å². The summed E-state index contributed by atoms with van der Waals surface area (Å²) in [5, 5.41) is 11.8. The lowest BCUT2D eigenvalue weighted by atomic mass is 10.2. The van der Waals surface area contributed by atoms with E-state index >= 15 is 0 Å². The van der Waals surface area contributed by atoms with E-state index in [9.17, 15) is 8.42 Å². The summed E-state index contributed by atoms with van der Waals surface area (Å²) in [4.78, 5) is 0. The average molecular weight is 238 g/mol. The molecule has 5 heteroatoms. The molecule has 0 spiro atoms. The molecule has 1 rings (SSSR count). The molecule has 0 aliphatic rings. The van der Waals surface area contributed by atoms with Crippen LogP contribution in [0.4, 0.5) is 5.69 Å². The van der Waals surface area contributed by atoms with Crippen molar-refractivity contribution in [2.24, 2.45) is 0 Å². The molecule has 0 saturated carbocycles. The summed E-state index contributed by atoms with van der Waals surface area (Å²) in [7, 11) is -2.88. The second-order valence-electron chi connectivity index (χ2n) is 3.60. The minimum Gasteiger partial charge on any atom is -0.385 e. The number of nitrogens with zero attached hydrogens (tertiary/aromatic N) is 1. The number of nitriles is 1. The number of rotatable bonds is 5. The van der Waals surface area contributed by atoms with Gasteiger partial charge in [0.25, 0.3) is 0 Å². The topological polar surface area (TPSA) is 70.0 Å². The van der Waals surface area contributed by atoms with E-state index in [-0.39, 0.29) is 5.75 Å². The molecule has 0 bridgehead atoms. The highest BCUT2D eigenvalue weighted by molar-refractivity contribution is 7.90. The predicted octanol–water partition coefficient (Wildman–Crippen LogP) is 1.40. The van der Waals surface area contributed by atoms with Crippen molar-refractivity contribution in [3.05, 3.63) is 29.8 Å². The quantitative estimate of drug-likeness (QED) is 0.787. The Balaban J connectivity index is 2.41. The molecule has 0 unspecified atom stereocenters. The molecule has 1 aromatic carbocycles. The van der Waals surface area contributed by atoms with Gasteiger partial charge in [-0.3, -0.25) is 0 Å². The van der Waals surface area contributed by atoms with Gasteiger partial charge in [-0.1, -0.05) is 6.07 Å². The van der Waals surface area contributed by atoms with E-state index < -0.39 is 9.84 Å². The number of benzene rings is 1. The lowest BCUT2D eigenvalue weighted by Gasteiger charge is -2.05. The van der Waals surface area contributed by atoms with Gasteiger partial charge >= 0.3 is 0 Å². The number of sulfone groups is 1. The number of hydrogen-bond acceptors (Lipinski definition) is 4. The zero-order valence-corrected chi connectivity index (χ0v) is 9.92. The van der Waals surface area contributed by atoms with E-state index in [2.05, 4.69) is 5.32 Å².